The molecule has 0 aromatic heterocycles. The van der Waals surface area contributed by atoms with Gasteiger partial charge in [-0.05, 0) is 24.6 Å². The summed E-state index contributed by atoms with van der Waals surface area (Å²) in [6, 6.07) is 5.09. The van der Waals surface area contributed by atoms with Crippen LogP contribution in [0.4, 0.5) is 5.69 Å². The van der Waals surface area contributed by atoms with Crippen LogP contribution in [0.1, 0.15) is 20.3 Å². The summed E-state index contributed by atoms with van der Waals surface area (Å²) >= 11 is 11.9. The summed E-state index contributed by atoms with van der Waals surface area (Å²) in [6.45, 7) is 7.12. The molecule has 1 saturated heterocycles. The molecule has 1 amide bonds. The molecule has 1 fully saturated rings. The number of benzene rings is 1. The van der Waals surface area contributed by atoms with E-state index in [0.29, 0.717) is 34.1 Å². The Balaban J connectivity index is 1.92. The van der Waals surface area contributed by atoms with E-state index in [1.54, 1.807) is 18.2 Å². The third-order valence-corrected chi connectivity index (χ3v) is 4.24. The van der Waals surface area contributed by atoms with Gasteiger partial charge in [-0.2, -0.15) is 0 Å². The number of likely N-dealkylation sites (tertiary alicyclic amines) is 1. The number of hydrogen-bond acceptors (Lipinski definition) is 1. The molecule has 0 saturated carbocycles. The Morgan fingerprint density at radius 2 is 1.95 bits per heavy atom. The van der Waals surface area contributed by atoms with Crippen molar-refractivity contribution in [3.8, 4) is 0 Å². The van der Waals surface area contributed by atoms with E-state index >= 15 is 0 Å². The molecule has 0 unspecified atom stereocenters. The summed E-state index contributed by atoms with van der Waals surface area (Å²) in [5, 5.41) is 3.90. The molecule has 2 rings (SSSR count). The molecular weight excluding hydrogens is 295 g/mol. The molecular formula is C15H21Cl2N2O+. The van der Waals surface area contributed by atoms with Crippen LogP contribution in [0, 0.1) is 11.8 Å². The van der Waals surface area contributed by atoms with Crippen molar-refractivity contribution in [2.45, 2.75) is 20.3 Å². The van der Waals surface area contributed by atoms with Crippen molar-refractivity contribution < 1.29 is 9.69 Å². The van der Waals surface area contributed by atoms with Gasteiger partial charge in [0.05, 0.1) is 23.8 Å². The summed E-state index contributed by atoms with van der Waals surface area (Å²) in [6.07, 6.45) is 1.26. The second kappa shape index (κ2) is 6.79. The predicted molar refractivity (Wildman–Crippen MR) is 83.6 cm³/mol. The van der Waals surface area contributed by atoms with Gasteiger partial charge in [-0.15, -0.1) is 0 Å². The van der Waals surface area contributed by atoms with Crippen LogP contribution < -0.4 is 10.2 Å². The number of hydrogen-bond donors (Lipinski definition) is 2. The van der Waals surface area contributed by atoms with Crippen LogP contribution in [0.15, 0.2) is 18.2 Å². The average molecular weight is 316 g/mol. The summed E-state index contributed by atoms with van der Waals surface area (Å²) in [5.74, 6) is 1.37. The molecule has 1 aliphatic rings. The van der Waals surface area contributed by atoms with Gasteiger partial charge in [0.15, 0.2) is 6.54 Å². The third kappa shape index (κ3) is 4.37. The van der Waals surface area contributed by atoms with Crippen molar-refractivity contribution in [1.29, 1.82) is 0 Å². The van der Waals surface area contributed by atoms with Crippen molar-refractivity contribution in [2.75, 3.05) is 25.0 Å². The lowest BCUT2D eigenvalue weighted by Gasteiger charge is -2.31. The van der Waals surface area contributed by atoms with Gasteiger partial charge in [0.2, 0.25) is 0 Å². The van der Waals surface area contributed by atoms with Crippen molar-refractivity contribution in [1.82, 2.24) is 0 Å². The second-order valence-electron chi connectivity index (χ2n) is 5.95. The van der Waals surface area contributed by atoms with E-state index in [2.05, 4.69) is 19.2 Å². The first-order valence-corrected chi connectivity index (χ1v) is 7.78. The number of carbonyl (C=O) groups excluding carboxylic acids is 1. The zero-order chi connectivity index (χ0) is 14.7. The van der Waals surface area contributed by atoms with Crippen LogP contribution in [-0.4, -0.2) is 25.5 Å². The van der Waals surface area contributed by atoms with E-state index in [4.69, 9.17) is 23.2 Å². The summed E-state index contributed by atoms with van der Waals surface area (Å²) in [4.78, 5) is 13.5. The van der Waals surface area contributed by atoms with Gasteiger partial charge in [-0.3, -0.25) is 4.79 Å². The maximum atomic E-state index is 12.1. The lowest BCUT2D eigenvalue weighted by molar-refractivity contribution is -0.904. The Kier molecular flexibility index (Phi) is 5.30. The molecule has 0 radical (unpaired) electrons. The first-order valence-electron chi connectivity index (χ1n) is 7.02. The molecule has 0 bridgehead atoms. The molecule has 0 spiro atoms. The number of halogens is 2. The minimum atomic E-state index is 0.00511. The van der Waals surface area contributed by atoms with E-state index in [1.165, 1.54) is 11.3 Å². The molecule has 1 aliphatic heterocycles. The van der Waals surface area contributed by atoms with Crippen LogP contribution in [-0.2, 0) is 4.79 Å². The fraction of sp³-hybridized carbons (Fsp3) is 0.533. The lowest BCUT2D eigenvalue weighted by atomic mass is 9.92. The lowest BCUT2D eigenvalue weighted by Crippen LogP contribution is -3.15. The Hall–Kier alpha value is -0.770. The number of piperidine rings is 1. The van der Waals surface area contributed by atoms with E-state index in [0.717, 1.165) is 13.1 Å². The van der Waals surface area contributed by atoms with Gasteiger partial charge in [-0.1, -0.05) is 37.0 Å². The number of carbonyl (C=O) groups is 1. The molecule has 1 aromatic rings. The van der Waals surface area contributed by atoms with Crippen LogP contribution in [0.3, 0.4) is 0 Å². The minimum absolute atomic E-state index is 0.00511. The standard InChI is InChI=1S/C15H20Cl2N2O/c1-10-5-11(2)8-19(7-10)9-15(20)18-14-4-3-12(16)6-13(14)17/h3-4,6,10-11H,5,7-9H2,1-2H3,(H,18,20)/p+1/t10-,11-/m1/s1. The summed E-state index contributed by atoms with van der Waals surface area (Å²) < 4.78 is 0. The minimum Gasteiger partial charge on any atom is -0.327 e. The van der Waals surface area contributed by atoms with Crippen LogP contribution in [0.25, 0.3) is 0 Å². The SMILES string of the molecule is C[C@@H]1C[C@@H](C)C[NH+](CC(=O)Nc2ccc(Cl)cc2Cl)C1. The van der Waals surface area contributed by atoms with Crippen LogP contribution in [0.2, 0.25) is 10.0 Å². The summed E-state index contributed by atoms with van der Waals surface area (Å²) in [7, 11) is 0. The molecule has 3 nitrogen and oxygen atoms in total. The third-order valence-electron chi connectivity index (χ3n) is 3.69. The van der Waals surface area contributed by atoms with E-state index < -0.39 is 0 Å². The largest absolute Gasteiger partial charge is 0.327 e. The van der Waals surface area contributed by atoms with Crippen LogP contribution >= 0.6 is 23.2 Å². The molecule has 2 atom stereocenters. The van der Waals surface area contributed by atoms with Gasteiger partial charge in [-0.25, -0.2) is 0 Å². The van der Waals surface area contributed by atoms with E-state index in [9.17, 15) is 4.79 Å². The van der Waals surface area contributed by atoms with Crippen LogP contribution in [0.5, 0.6) is 0 Å². The van der Waals surface area contributed by atoms with Gasteiger partial charge in [0.25, 0.3) is 5.91 Å². The quantitative estimate of drug-likeness (QED) is 0.883. The molecule has 0 aliphatic carbocycles. The van der Waals surface area contributed by atoms with Gasteiger partial charge < -0.3 is 10.2 Å². The van der Waals surface area contributed by atoms with Crippen molar-refractivity contribution in [2.24, 2.45) is 11.8 Å². The fourth-order valence-corrected chi connectivity index (χ4v) is 3.53. The molecule has 1 heterocycles. The number of nitrogens with one attached hydrogen (secondary N) is 2. The highest BCUT2D eigenvalue weighted by Crippen LogP contribution is 2.25. The topological polar surface area (TPSA) is 33.5 Å². The van der Waals surface area contributed by atoms with Gasteiger partial charge >= 0.3 is 0 Å². The maximum absolute atomic E-state index is 12.1. The Labute approximate surface area is 130 Å². The highest BCUT2D eigenvalue weighted by atomic mass is 35.5. The highest BCUT2D eigenvalue weighted by Gasteiger charge is 2.26. The first kappa shape index (κ1) is 15.6. The number of quaternary nitrogens is 1. The second-order valence-corrected chi connectivity index (χ2v) is 6.80. The molecule has 2 N–H and O–H groups in total. The Bertz CT molecular complexity index is 483. The van der Waals surface area contributed by atoms with Gasteiger partial charge in [0.1, 0.15) is 0 Å². The molecule has 20 heavy (non-hydrogen) atoms. The average Bonchev–Trinajstić information content (AvgIpc) is 2.31. The first-order chi connectivity index (χ1) is 9.44. The van der Waals surface area contributed by atoms with E-state index in [-0.39, 0.29) is 5.91 Å². The maximum Gasteiger partial charge on any atom is 0.279 e. The fourth-order valence-electron chi connectivity index (χ4n) is 3.08. The van der Waals surface area contributed by atoms with E-state index in [1.807, 2.05) is 0 Å². The molecule has 5 heteroatoms. The number of anilines is 1. The Morgan fingerprint density at radius 1 is 1.30 bits per heavy atom. The molecule has 110 valence electrons. The predicted octanol–water partition coefficient (Wildman–Crippen LogP) is 2.49. The molecule has 1 aromatic carbocycles. The highest BCUT2D eigenvalue weighted by molar-refractivity contribution is 6.36. The normalized spacial score (nSPS) is 26.3. The van der Waals surface area contributed by atoms with Crippen molar-refractivity contribution in [3.05, 3.63) is 28.2 Å². The smallest absolute Gasteiger partial charge is 0.279 e. The number of amides is 1. The number of rotatable bonds is 3. The zero-order valence-electron chi connectivity index (χ0n) is 11.9. The summed E-state index contributed by atoms with van der Waals surface area (Å²) in [5.41, 5.74) is 0.624. The monoisotopic (exact) mass is 315 g/mol. The Morgan fingerprint density at radius 3 is 2.55 bits per heavy atom. The zero-order valence-corrected chi connectivity index (χ0v) is 13.4. The van der Waals surface area contributed by atoms with Gasteiger partial charge in [0, 0.05) is 16.9 Å². The van der Waals surface area contributed by atoms with Crippen molar-refractivity contribution in [3.63, 3.8) is 0 Å². The van der Waals surface area contributed by atoms with Crippen molar-refractivity contribution >= 4 is 34.8 Å².